The van der Waals surface area contributed by atoms with Gasteiger partial charge in [0.2, 0.25) is 0 Å². The Bertz CT molecular complexity index is 410. The molecule has 1 aromatic rings. The largest absolute Gasteiger partial charge is 0.506 e. The van der Waals surface area contributed by atoms with Crippen LogP contribution in [0, 0.1) is 0 Å². The number of rotatable bonds is 4. The van der Waals surface area contributed by atoms with Crippen molar-refractivity contribution in [2.45, 2.75) is 19.4 Å². The van der Waals surface area contributed by atoms with Gasteiger partial charge in [-0.1, -0.05) is 0 Å². The van der Waals surface area contributed by atoms with Gasteiger partial charge >= 0.3 is 5.97 Å². The van der Waals surface area contributed by atoms with Crippen molar-refractivity contribution in [2.24, 2.45) is 5.73 Å². The molecule has 0 aromatic carbocycles. The van der Waals surface area contributed by atoms with Crippen molar-refractivity contribution in [2.75, 3.05) is 0 Å². The van der Waals surface area contributed by atoms with Crippen molar-refractivity contribution < 1.29 is 23.8 Å². The Hall–Kier alpha value is -1.76. The van der Waals surface area contributed by atoms with Crippen LogP contribution in [0.2, 0.25) is 0 Å². The van der Waals surface area contributed by atoms with E-state index >= 15 is 0 Å². The minimum absolute atomic E-state index is 0.0570. The molecule has 0 saturated heterocycles. The number of carbonyl (C=O) groups is 1. The van der Waals surface area contributed by atoms with Gasteiger partial charge in [-0.2, -0.15) is 0 Å². The lowest BCUT2D eigenvalue weighted by Gasteiger charge is -2.09. The van der Waals surface area contributed by atoms with Crippen LogP contribution in [0.1, 0.15) is 23.4 Å². The lowest BCUT2D eigenvalue weighted by atomic mass is 10.1. The van der Waals surface area contributed by atoms with E-state index in [0.717, 1.165) is 6.07 Å². The SMILES string of the molecule is NCc1cc(C(F)F)nc(CC(=O)O)c1O. The van der Waals surface area contributed by atoms with Crippen LogP contribution >= 0.6 is 0 Å². The molecule has 1 rings (SSSR count). The number of aromatic nitrogens is 1. The van der Waals surface area contributed by atoms with Crippen LogP contribution in [0.5, 0.6) is 5.75 Å². The number of hydrogen-bond donors (Lipinski definition) is 3. The normalized spacial score (nSPS) is 10.8. The van der Waals surface area contributed by atoms with E-state index in [1.54, 1.807) is 0 Å². The van der Waals surface area contributed by atoms with Crippen LogP contribution in [-0.2, 0) is 17.8 Å². The summed E-state index contributed by atoms with van der Waals surface area (Å²) in [6, 6.07) is 0.964. The summed E-state index contributed by atoms with van der Waals surface area (Å²) in [6.07, 6.45) is -3.46. The fraction of sp³-hybridized carbons (Fsp3) is 0.333. The first-order chi connectivity index (χ1) is 7.45. The Labute approximate surface area is 89.5 Å². The molecule has 1 heterocycles. The molecule has 0 atom stereocenters. The lowest BCUT2D eigenvalue weighted by molar-refractivity contribution is -0.136. The highest BCUT2D eigenvalue weighted by atomic mass is 19.3. The maximum atomic E-state index is 12.4. The van der Waals surface area contributed by atoms with Crippen molar-refractivity contribution in [3.05, 3.63) is 23.0 Å². The number of halogens is 2. The molecule has 0 aliphatic heterocycles. The second kappa shape index (κ2) is 4.84. The smallest absolute Gasteiger partial charge is 0.309 e. The summed E-state index contributed by atoms with van der Waals surface area (Å²) in [6.45, 7) is -0.166. The third-order valence-electron chi connectivity index (χ3n) is 1.93. The van der Waals surface area contributed by atoms with Gasteiger partial charge in [0.25, 0.3) is 6.43 Å². The molecule has 88 valence electrons. The van der Waals surface area contributed by atoms with Gasteiger partial charge in [-0.25, -0.2) is 13.8 Å². The van der Waals surface area contributed by atoms with Crippen LogP contribution in [0.4, 0.5) is 8.78 Å². The van der Waals surface area contributed by atoms with E-state index in [1.807, 2.05) is 0 Å². The maximum absolute atomic E-state index is 12.4. The van der Waals surface area contributed by atoms with Gasteiger partial charge in [0.05, 0.1) is 12.1 Å². The van der Waals surface area contributed by atoms with E-state index in [1.165, 1.54) is 0 Å². The van der Waals surface area contributed by atoms with E-state index in [0.29, 0.717) is 0 Å². The highest BCUT2D eigenvalue weighted by molar-refractivity contribution is 5.70. The summed E-state index contributed by atoms with van der Waals surface area (Å²) in [5.74, 6) is -1.70. The van der Waals surface area contributed by atoms with Crippen LogP contribution in [0.25, 0.3) is 0 Å². The van der Waals surface area contributed by atoms with Gasteiger partial charge in [-0.15, -0.1) is 0 Å². The molecule has 0 saturated carbocycles. The Morgan fingerprint density at radius 3 is 2.62 bits per heavy atom. The number of aliphatic carboxylic acids is 1. The number of pyridine rings is 1. The van der Waals surface area contributed by atoms with Gasteiger partial charge in [0.15, 0.2) is 0 Å². The summed E-state index contributed by atoms with van der Waals surface area (Å²) in [4.78, 5) is 13.8. The fourth-order valence-electron chi connectivity index (χ4n) is 1.21. The monoisotopic (exact) mass is 232 g/mol. The van der Waals surface area contributed by atoms with E-state index in [2.05, 4.69) is 4.98 Å². The zero-order valence-electron chi connectivity index (χ0n) is 8.15. The van der Waals surface area contributed by atoms with Crippen molar-refractivity contribution >= 4 is 5.97 Å². The van der Waals surface area contributed by atoms with Crippen LogP contribution < -0.4 is 5.73 Å². The minimum atomic E-state index is -2.83. The molecule has 0 amide bonds. The minimum Gasteiger partial charge on any atom is -0.506 e. The van der Waals surface area contributed by atoms with E-state index < -0.39 is 30.3 Å². The zero-order valence-corrected chi connectivity index (χ0v) is 8.15. The highest BCUT2D eigenvalue weighted by Gasteiger charge is 2.17. The second-order valence-electron chi connectivity index (χ2n) is 3.08. The predicted molar refractivity (Wildman–Crippen MR) is 50.1 cm³/mol. The maximum Gasteiger partial charge on any atom is 0.309 e. The predicted octanol–water partition coefficient (Wildman–Crippen LogP) is 0.811. The summed E-state index contributed by atoms with van der Waals surface area (Å²) >= 11 is 0. The summed E-state index contributed by atoms with van der Waals surface area (Å²) in [7, 11) is 0. The quantitative estimate of drug-likeness (QED) is 0.713. The molecule has 7 heteroatoms. The molecule has 0 fully saturated rings. The first-order valence-corrected chi connectivity index (χ1v) is 4.37. The lowest BCUT2D eigenvalue weighted by Crippen LogP contribution is -2.08. The molecule has 4 N–H and O–H groups in total. The first kappa shape index (κ1) is 12.3. The van der Waals surface area contributed by atoms with Crippen molar-refractivity contribution in [1.82, 2.24) is 4.98 Å². The number of aromatic hydroxyl groups is 1. The molecule has 0 aliphatic rings. The molecular formula is C9H10F2N2O3. The summed E-state index contributed by atoms with van der Waals surface area (Å²) in [5, 5.41) is 18.0. The molecule has 1 aromatic heterocycles. The number of carboxylic acid groups (broad SMARTS) is 1. The third kappa shape index (κ3) is 2.63. The van der Waals surface area contributed by atoms with E-state index in [-0.39, 0.29) is 17.8 Å². The van der Waals surface area contributed by atoms with Crippen LogP contribution in [0.15, 0.2) is 6.07 Å². The fourth-order valence-corrected chi connectivity index (χ4v) is 1.21. The standard InChI is InChI=1S/C9H10F2N2O3/c10-9(11)6-1-4(3-12)8(16)5(13-6)2-7(14)15/h1,9,16H,2-3,12H2,(H,14,15). The van der Waals surface area contributed by atoms with Crippen molar-refractivity contribution in [3.63, 3.8) is 0 Å². The number of alkyl halides is 2. The van der Waals surface area contributed by atoms with Crippen molar-refractivity contribution in [3.8, 4) is 5.75 Å². The molecule has 0 radical (unpaired) electrons. The van der Waals surface area contributed by atoms with Gasteiger partial charge in [0.1, 0.15) is 11.4 Å². The first-order valence-electron chi connectivity index (χ1n) is 4.37. The third-order valence-corrected chi connectivity index (χ3v) is 1.93. The van der Waals surface area contributed by atoms with Crippen LogP contribution in [0.3, 0.4) is 0 Å². The zero-order chi connectivity index (χ0) is 12.3. The Morgan fingerprint density at radius 1 is 1.56 bits per heavy atom. The van der Waals surface area contributed by atoms with Gasteiger partial charge in [0, 0.05) is 12.1 Å². The molecule has 0 unspecified atom stereocenters. The summed E-state index contributed by atoms with van der Waals surface area (Å²) < 4.78 is 24.8. The van der Waals surface area contributed by atoms with Gasteiger partial charge in [-0.05, 0) is 6.07 Å². The average molecular weight is 232 g/mol. The average Bonchev–Trinajstić information content (AvgIpc) is 2.20. The molecule has 0 aliphatic carbocycles. The highest BCUT2D eigenvalue weighted by Crippen LogP contribution is 2.26. The van der Waals surface area contributed by atoms with Crippen LogP contribution in [-0.4, -0.2) is 21.2 Å². The Morgan fingerprint density at radius 2 is 2.19 bits per heavy atom. The van der Waals surface area contributed by atoms with Crippen molar-refractivity contribution in [1.29, 1.82) is 0 Å². The van der Waals surface area contributed by atoms with Gasteiger partial charge < -0.3 is 15.9 Å². The molecular weight excluding hydrogens is 222 g/mol. The summed E-state index contributed by atoms with van der Waals surface area (Å²) in [5.41, 5.74) is 4.41. The van der Waals surface area contributed by atoms with Gasteiger partial charge in [-0.3, -0.25) is 4.79 Å². The Kier molecular flexibility index (Phi) is 3.73. The van der Waals surface area contributed by atoms with E-state index in [4.69, 9.17) is 10.8 Å². The number of hydrogen-bond acceptors (Lipinski definition) is 4. The Balaban J connectivity index is 3.24. The molecule has 5 nitrogen and oxygen atoms in total. The molecule has 0 bridgehead atoms. The topological polar surface area (TPSA) is 96.4 Å². The van der Waals surface area contributed by atoms with E-state index in [9.17, 15) is 18.7 Å². The second-order valence-corrected chi connectivity index (χ2v) is 3.08. The number of nitrogens with two attached hydrogens (primary N) is 1. The molecule has 16 heavy (non-hydrogen) atoms. The number of carboxylic acids is 1. The number of nitrogens with zero attached hydrogens (tertiary/aromatic N) is 1. The molecule has 0 spiro atoms.